The molecule has 15 heavy (non-hydrogen) atoms. The van der Waals surface area contributed by atoms with Crippen LogP contribution < -0.4 is 5.73 Å². The third-order valence-electron chi connectivity index (χ3n) is 1.92. The van der Waals surface area contributed by atoms with Gasteiger partial charge in [-0.05, 0) is 12.1 Å². The molecule has 0 spiro atoms. The van der Waals surface area contributed by atoms with E-state index < -0.39 is 0 Å². The Morgan fingerprint density at radius 3 is 2.80 bits per heavy atom. The predicted octanol–water partition coefficient (Wildman–Crippen LogP) is 2.30. The van der Waals surface area contributed by atoms with Gasteiger partial charge in [0.05, 0.1) is 0 Å². The third kappa shape index (κ3) is 2.47. The molecule has 1 aromatic heterocycles. The Morgan fingerprint density at radius 2 is 2.20 bits per heavy atom. The number of benzene rings is 1. The van der Waals surface area contributed by atoms with E-state index in [9.17, 15) is 0 Å². The number of aromatic nitrogens is 2. The second-order valence-electron chi connectivity index (χ2n) is 2.99. The van der Waals surface area contributed by atoms with Crippen molar-refractivity contribution in [2.24, 2.45) is 0 Å². The first-order chi connectivity index (χ1) is 6.79. The van der Waals surface area contributed by atoms with Gasteiger partial charge in [-0.2, -0.15) is 4.98 Å². The van der Waals surface area contributed by atoms with Crippen LogP contribution in [0.4, 0.5) is 5.69 Å². The van der Waals surface area contributed by atoms with E-state index in [-0.39, 0.29) is 12.4 Å². The Morgan fingerprint density at radius 1 is 1.40 bits per heavy atom. The van der Waals surface area contributed by atoms with Crippen molar-refractivity contribution < 1.29 is 4.52 Å². The molecule has 2 N–H and O–H groups in total. The fourth-order valence-electron chi connectivity index (χ4n) is 1.19. The minimum atomic E-state index is 0. The van der Waals surface area contributed by atoms with Gasteiger partial charge in [0.15, 0.2) is 0 Å². The molecule has 5 heteroatoms. The number of nitrogen functional groups attached to an aromatic ring is 1. The highest BCUT2D eigenvalue weighted by Crippen LogP contribution is 2.18. The molecule has 4 nitrogen and oxygen atoms in total. The second-order valence-corrected chi connectivity index (χ2v) is 2.99. The fourth-order valence-corrected chi connectivity index (χ4v) is 1.19. The summed E-state index contributed by atoms with van der Waals surface area (Å²) in [6.07, 6.45) is 0.745. The lowest BCUT2D eigenvalue weighted by Crippen LogP contribution is -1.86. The molecule has 2 aromatic rings. The van der Waals surface area contributed by atoms with Crippen molar-refractivity contribution in [3.63, 3.8) is 0 Å². The summed E-state index contributed by atoms with van der Waals surface area (Å²) >= 11 is 0. The molecule has 0 saturated heterocycles. The number of hydrogen-bond acceptors (Lipinski definition) is 4. The van der Waals surface area contributed by atoms with Crippen LogP contribution in [0, 0.1) is 0 Å². The molecule has 0 aliphatic heterocycles. The molecule has 0 aliphatic rings. The first-order valence-electron chi connectivity index (χ1n) is 4.48. The van der Waals surface area contributed by atoms with Gasteiger partial charge in [-0.15, -0.1) is 12.4 Å². The quantitative estimate of drug-likeness (QED) is 0.797. The maximum atomic E-state index is 5.65. The van der Waals surface area contributed by atoms with Crippen LogP contribution in [0.5, 0.6) is 0 Å². The Balaban J connectivity index is 0.00000112. The SMILES string of the molecule is CCc1nc(-c2cccc(N)c2)no1.Cl. The minimum Gasteiger partial charge on any atom is -0.399 e. The summed E-state index contributed by atoms with van der Waals surface area (Å²) < 4.78 is 5.01. The predicted molar refractivity (Wildman–Crippen MR) is 60.8 cm³/mol. The van der Waals surface area contributed by atoms with E-state index in [0.717, 1.165) is 12.0 Å². The van der Waals surface area contributed by atoms with E-state index in [2.05, 4.69) is 10.1 Å². The number of nitrogens with two attached hydrogens (primary N) is 1. The molecule has 0 aliphatic carbocycles. The molecular weight excluding hydrogens is 214 g/mol. The van der Waals surface area contributed by atoms with Gasteiger partial charge in [-0.1, -0.05) is 24.2 Å². The molecule has 0 fully saturated rings. The Kier molecular flexibility index (Phi) is 3.68. The molecular formula is C10H12ClN3O. The minimum absolute atomic E-state index is 0. The lowest BCUT2D eigenvalue weighted by molar-refractivity contribution is 0.383. The topological polar surface area (TPSA) is 64.9 Å². The normalized spacial score (nSPS) is 9.67. The van der Waals surface area contributed by atoms with Gasteiger partial charge in [0.1, 0.15) is 0 Å². The van der Waals surface area contributed by atoms with Crippen LogP contribution in [0.3, 0.4) is 0 Å². The molecule has 0 saturated carbocycles. The molecule has 0 amide bonds. The van der Waals surface area contributed by atoms with Gasteiger partial charge in [-0.3, -0.25) is 0 Å². The van der Waals surface area contributed by atoms with Gasteiger partial charge < -0.3 is 10.3 Å². The van der Waals surface area contributed by atoms with Crippen LogP contribution in [-0.2, 0) is 6.42 Å². The van der Waals surface area contributed by atoms with Crippen LogP contribution in [0.15, 0.2) is 28.8 Å². The van der Waals surface area contributed by atoms with Gasteiger partial charge in [0, 0.05) is 17.7 Å². The number of hydrogen-bond donors (Lipinski definition) is 1. The lowest BCUT2D eigenvalue weighted by Gasteiger charge is -1.94. The van der Waals surface area contributed by atoms with Crippen molar-refractivity contribution in [1.82, 2.24) is 10.1 Å². The van der Waals surface area contributed by atoms with Crippen LogP contribution in [0.1, 0.15) is 12.8 Å². The highest BCUT2D eigenvalue weighted by Gasteiger charge is 2.06. The summed E-state index contributed by atoms with van der Waals surface area (Å²) in [6, 6.07) is 7.42. The van der Waals surface area contributed by atoms with Gasteiger partial charge in [0.25, 0.3) is 0 Å². The molecule has 1 aromatic carbocycles. The molecule has 0 unspecified atom stereocenters. The number of aryl methyl sites for hydroxylation is 1. The van der Waals surface area contributed by atoms with Crippen molar-refractivity contribution in [2.45, 2.75) is 13.3 Å². The smallest absolute Gasteiger partial charge is 0.226 e. The first-order valence-corrected chi connectivity index (χ1v) is 4.48. The van der Waals surface area contributed by atoms with Crippen molar-refractivity contribution in [2.75, 3.05) is 5.73 Å². The zero-order valence-corrected chi connectivity index (χ0v) is 9.12. The molecule has 2 rings (SSSR count). The number of halogens is 1. The van der Waals surface area contributed by atoms with Crippen LogP contribution in [-0.4, -0.2) is 10.1 Å². The average Bonchev–Trinajstić information content (AvgIpc) is 2.66. The first kappa shape index (κ1) is 11.5. The van der Waals surface area contributed by atoms with Crippen LogP contribution in [0.2, 0.25) is 0 Å². The lowest BCUT2D eigenvalue weighted by atomic mass is 10.2. The van der Waals surface area contributed by atoms with Gasteiger partial charge >= 0.3 is 0 Å². The highest BCUT2D eigenvalue weighted by atomic mass is 35.5. The third-order valence-corrected chi connectivity index (χ3v) is 1.92. The molecule has 0 bridgehead atoms. The van der Waals surface area contributed by atoms with Crippen molar-refractivity contribution in [3.8, 4) is 11.4 Å². The highest BCUT2D eigenvalue weighted by molar-refractivity contribution is 5.85. The maximum absolute atomic E-state index is 5.65. The monoisotopic (exact) mass is 225 g/mol. The Labute approximate surface area is 93.9 Å². The Bertz CT molecular complexity index is 442. The Hall–Kier alpha value is -1.55. The molecule has 0 atom stereocenters. The van der Waals surface area contributed by atoms with E-state index in [4.69, 9.17) is 10.3 Å². The molecule has 80 valence electrons. The summed E-state index contributed by atoms with van der Waals surface area (Å²) in [4.78, 5) is 4.21. The maximum Gasteiger partial charge on any atom is 0.226 e. The van der Waals surface area contributed by atoms with Crippen molar-refractivity contribution >= 4 is 18.1 Å². The standard InChI is InChI=1S/C10H11N3O.ClH/c1-2-9-12-10(13-14-9)7-4-3-5-8(11)6-7;/h3-6H,2,11H2,1H3;1H. The van der Waals surface area contributed by atoms with E-state index in [0.29, 0.717) is 17.4 Å². The van der Waals surface area contributed by atoms with E-state index >= 15 is 0 Å². The average molecular weight is 226 g/mol. The molecule has 1 heterocycles. The number of nitrogens with zero attached hydrogens (tertiary/aromatic N) is 2. The van der Waals surface area contributed by atoms with Crippen LogP contribution >= 0.6 is 12.4 Å². The zero-order chi connectivity index (χ0) is 9.97. The van der Waals surface area contributed by atoms with Crippen molar-refractivity contribution in [1.29, 1.82) is 0 Å². The fraction of sp³-hybridized carbons (Fsp3) is 0.200. The van der Waals surface area contributed by atoms with E-state index in [1.54, 1.807) is 0 Å². The number of anilines is 1. The number of rotatable bonds is 2. The summed E-state index contributed by atoms with van der Waals surface area (Å²) in [6.45, 7) is 1.97. The molecule has 0 radical (unpaired) electrons. The summed E-state index contributed by atoms with van der Waals surface area (Å²) in [7, 11) is 0. The second kappa shape index (κ2) is 4.79. The van der Waals surface area contributed by atoms with Gasteiger partial charge in [-0.25, -0.2) is 0 Å². The van der Waals surface area contributed by atoms with Crippen LogP contribution in [0.25, 0.3) is 11.4 Å². The summed E-state index contributed by atoms with van der Waals surface area (Å²) in [5, 5.41) is 3.86. The summed E-state index contributed by atoms with van der Waals surface area (Å²) in [5.74, 6) is 1.23. The van der Waals surface area contributed by atoms with E-state index in [1.165, 1.54) is 0 Å². The summed E-state index contributed by atoms with van der Waals surface area (Å²) in [5.41, 5.74) is 7.23. The van der Waals surface area contributed by atoms with Crippen molar-refractivity contribution in [3.05, 3.63) is 30.2 Å². The van der Waals surface area contributed by atoms with Gasteiger partial charge in [0.2, 0.25) is 11.7 Å². The largest absolute Gasteiger partial charge is 0.399 e. The zero-order valence-electron chi connectivity index (χ0n) is 8.30. The van der Waals surface area contributed by atoms with E-state index in [1.807, 2.05) is 31.2 Å².